The number of carbonyl (C=O) groups excluding carboxylic acids is 1. The average molecular weight is 459 g/mol. The van der Waals surface area contributed by atoms with Gasteiger partial charge in [0.05, 0.1) is 5.39 Å². The van der Waals surface area contributed by atoms with Crippen LogP contribution in [-0.4, -0.2) is 49.1 Å². The molecular weight excluding hydrogens is 436 g/mol. The molecule has 0 fully saturated rings. The standard InChI is InChI=1S/C20H22N6O5S/c21-20-25-16-15(18(32)26-20)12(9-23-16)8-22-7-10-1-3-11(4-2-10)17(29)24-13(19(30)31)5-6-14(27)28/h1-4,9,13,22H,5-8H2,(H,24,29)(H,27,28)(H,30,31)(H4,21,23,25,26,32)/t13-/m0/s1. The minimum atomic E-state index is -1.28. The smallest absolute Gasteiger partial charge is 0.326 e. The Hall–Kier alpha value is -3.64. The number of benzene rings is 1. The van der Waals surface area contributed by atoms with Crippen LogP contribution in [0.4, 0.5) is 5.95 Å². The zero-order chi connectivity index (χ0) is 23.3. The van der Waals surface area contributed by atoms with Crippen LogP contribution in [0.25, 0.3) is 11.0 Å². The van der Waals surface area contributed by atoms with Gasteiger partial charge in [0.15, 0.2) is 0 Å². The van der Waals surface area contributed by atoms with Crippen molar-refractivity contribution in [1.82, 2.24) is 25.6 Å². The van der Waals surface area contributed by atoms with Gasteiger partial charge in [-0.2, -0.15) is 4.98 Å². The number of nitrogen functional groups attached to an aromatic ring is 1. The molecule has 0 unspecified atom stereocenters. The summed E-state index contributed by atoms with van der Waals surface area (Å²) in [6, 6.07) is 5.38. The summed E-state index contributed by atoms with van der Waals surface area (Å²) in [5.41, 5.74) is 8.36. The summed E-state index contributed by atoms with van der Waals surface area (Å²) in [7, 11) is 0. The SMILES string of the molecule is Nc1nc(S)c2c(CNCc3ccc(C(=O)N[C@@H](CCC(=O)O)C(=O)O)cc3)c[nH]c2n1. The minimum absolute atomic E-state index is 0.143. The molecule has 0 bridgehead atoms. The number of nitrogens with zero attached hydrogens (tertiary/aromatic N) is 2. The molecule has 0 aliphatic carbocycles. The number of rotatable bonds is 10. The van der Waals surface area contributed by atoms with E-state index in [0.717, 1.165) is 16.5 Å². The lowest BCUT2D eigenvalue weighted by atomic mass is 10.1. The third-order valence-electron chi connectivity index (χ3n) is 4.72. The van der Waals surface area contributed by atoms with Gasteiger partial charge in [0.1, 0.15) is 16.7 Å². The summed E-state index contributed by atoms with van der Waals surface area (Å²) in [6.07, 6.45) is 1.26. The zero-order valence-electron chi connectivity index (χ0n) is 16.8. The van der Waals surface area contributed by atoms with Crippen molar-refractivity contribution in [3.05, 3.63) is 47.2 Å². The Morgan fingerprint density at radius 1 is 1.12 bits per heavy atom. The highest BCUT2D eigenvalue weighted by molar-refractivity contribution is 7.80. The summed E-state index contributed by atoms with van der Waals surface area (Å²) >= 11 is 4.35. The monoisotopic (exact) mass is 458 g/mol. The van der Waals surface area contributed by atoms with E-state index >= 15 is 0 Å². The van der Waals surface area contributed by atoms with Crippen LogP contribution < -0.4 is 16.4 Å². The topological polar surface area (TPSA) is 183 Å². The van der Waals surface area contributed by atoms with Crippen LogP contribution in [0.2, 0.25) is 0 Å². The second-order valence-electron chi connectivity index (χ2n) is 7.04. The van der Waals surface area contributed by atoms with Crippen LogP contribution in [0, 0.1) is 0 Å². The van der Waals surface area contributed by atoms with Crippen molar-refractivity contribution in [3.8, 4) is 0 Å². The van der Waals surface area contributed by atoms with E-state index in [1.165, 1.54) is 0 Å². The molecule has 12 heteroatoms. The molecule has 2 aromatic heterocycles. The molecule has 0 saturated carbocycles. The molecule has 168 valence electrons. The van der Waals surface area contributed by atoms with Gasteiger partial charge >= 0.3 is 11.9 Å². The number of aromatic amines is 1. The number of fused-ring (bicyclic) bond motifs is 1. The van der Waals surface area contributed by atoms with Crippen LogP contribution in [0.1, 0.15) is 34.3 Å². The van der Waals surface area contributed by atoms with Gasteiger partial charge in [0.25, 0.3) is 5.91 Å². The number of aromatic nitrogens is 3. The normalized spacial score (nSPS) is 11.9. The van der Waals surface area contributed by atoms with E-state index in [9.17, 15) is 14.4 Å². The largest absolute Gasteiger partial charge is 0.481 e. The molecule has 0 aliphatic rings. The number of aliphatic carboxylic acids is 2. The average Bonchev–Trinajstić information content (AvgIpc) is 3.14. The first-order chi connectivity index (χ1) is 15.2. The zero-order valence-corrected chi connectivity index (χ0v) is 17.7. The Morgan fingerprint density at radius 3 is 2.50 bits per heavy atom. The van der Waals surface area contributed by atoms with Gasteiger partial charge in [-0.05, 0) is 29.7 Å². The highest BCUT2D eigenvalue weighted by Crippen LogP contribution is 2.23. The molecule has 32 heavy (non-hydrogen) atoms. The van der Waals surface area contributed by atoms with Gasteiger partial charge in [-0.3, -0.25) is 9.59 Å². The number of thiol groups is 1. The van der Waals surface area contributed by atoms with E-state index in [0.29, 0.717) is 23.8 Å². The van der Waals surface area contributed by atoms with Crippen molar-refractivity contribution in [1.29, 1.82) is 0 Å². The van der Waals surface area contributed by atoms with E-state index in [2.05, 4.69) is 38.2 Å². The lowest BCUT2D eigenvalue weighted by Crippen LogP contribution is -2.41. The van der Waals surface area contributed by atoms with Gasteiger partial charge in [-0.1, -0.05) is 12.1 Å². The summed E-state index contributed by atoms with van der Waals surface area (Å²) in [4.78, 5) is 45.4. The van der Waals surface area contributed by atoms with Crippen molar-refractivity contribution >= 4 is 47.5 Å². The molecule has 3 rings (SSSR count). The van der Waals surface area contributed by atoms with Gasteiger partial charge in [0, 0.05) is 31.3 Å². The Morgan fingerprint density at radius 2 is 1.84 bits per heavy atom. The first-order valence-electron chi connectivity index (χ1n) is 9.62. The number of anilines is 1. The molecule has 7 N–H and O–H groups in total. The predicted octanol–water partition coefficient (Wildman–Crippen LogP) is 1.17. The van der Waals surface area contributed by atoms with Gasteiger partial charge in [-0.15, -0.1) is 12.6 Å². The third-order valence-corrected chi connectivity index (χ3v) is 5.05. The van der Waals surface area contributed by atoms with Crippen molar-refractivity contribution in [2.45, 2.75) is 37.0 Å². The Balaban J connectivity index is 1.56. The fourth-order valence-corrected chi connectivity index (χ4v) is 3.47. The number of carboxylic acid groups (broad SMARTS) is 2. The van der Waals surface area contributed by atoms with Gasteiger partial charge < -0.3 is 31.6 Å². The highest BCUT2D eigenvalue weighted by Gasteiger charge is 2.21. The molecule has 0 saturated heterocycles. The summed E-state index contributed by atoms with van der Waals surface area (Å²) in [5.74, 6) is -2.85. The lowest BCUT2D eigenvalue weighted by molar-refractivity contribution is -0.140. The maximum absolute atomic E-state index is 12.3. The molecule has 1 amide bonds. The lowest BCUT2D eigenvalue weighted by Gasteiger charge is -2.13. The second-order valence-corrected chi connectivity index (χ2v) is 7.46. The molecule has 1 aromatic carbocycles. The van der Waals surface area contributed by atoms with Crippen molar-refractivity contribution in [3.63, 3.8) is 0 Å². The van der Waals surface area contributed by atoms with Crippen LogP contribution >= 0.6 is 12.6 Å². The number of carboxylic acids is 2. The first kappa shape index (κ1) is 23.0. The third kappa shape index (κ3) is 5.74. The molecular formula is C20H22N6O5S. The van der Waals surface area contributed by atoms with Crippen molar-refractivity contribution in [2.75, 3.05) is 5.73 Å². The number of nitrogens with two attached hydrogens (primary N) is 1. The van der Waals surface area contributed by atoms with Crippen LogP contribution in [0.15, 0.2) is 35.5 Å². The van der Waals surface area contributed by atoms with E-state index in [4.69, 9.17) is 15.9 Å². The van der Waals surface area contributed by atoms with Gasteiger partial charge in [0.2, 0.25) is 5.95 Å². The van der Waals surface area contributed by atoms with E-state index in [1.54, 1.807) is 24.3 Å². The van der Waals surface area contributed by atoms with Crippen LogP contribution in [-0.2, 0) is 22.7 Å². The predicted molar refractivity (Wildman–Crippen MR) is 118 cm³/mol. The maximum atomic E-state index is 12.3. The number of nitrogens with one attached hydrogen (secondary N) is 3. The van der Waals surface area contributed by atoms with Gasteiger partial charge in [-0.25, -0.2) is 9.78 Å². The number of hydrogen-bond donors (Lipinski definition) is 7. The summed E-state index contributed by atoms with van der Waals surface area (Å²) < 4.78 is 0. The molecule has 0 radical (unpaired) electrons. The fourth-order valence-electron chi connectivity index (χ4n) is 3.12. The van der Waals surface area contributed by atoms with Crippen LogP contribution in [0.3, 0.4) is 0 Å². The molecule has 1 atom stereocenters. The highest BCUT2D eigenvalue weighted by atomic mass is 32.1. The number of amides is 1. The first-order valence-corrected chi connectivity index (χ1v) is 10.1. The molecule has 0 aliphatic heterocycles. The Bertz CT molecular complexity index is 1150. The molecule has 11 nitrogen and oxygen atoms in total. The number of H-pyrrole nitrogens is 1. The number of hydrogen-bond acceptors (Lipinski definition) is 8. The van der Waals surface area contributed by atoms with E-state index < -0.39 is 23.9 Å². The Kier molecular flexibility index (Phi) is 7.28. The maximum Gasteiger partial charge on any atom is 0.326 e. The van der Waals surface area contributed by atoms with E-state index in [-0.39, 0.29) is 24.4 Å². The molecule has 2 heterocycles. The summed E-state index contributed by atoms with van der Waals surface area (Å²) in [5, 5.41) is 24.8. The molecule has 0 spiro atoms. The van der Waals surface area contributed by atoms with Crippen LogP contribution in [0.5, 0.6) is 0 Å². The summed E-state index contributed by atoms with van der Waals surface area (Å²) in [6.45, 7) is 1.04. The minimum Gasteiger partial charge on any atom is -0.481 e. The van der Waals surface area contributed by atoms with Crippen molar-refractivity contribution in [2.24, 2.45) is 0 Å². The van der Waals surface area contributed by atoms with E-state index in [1.807, 2.05) is 6.20 Å². The fraction of sp³-hybridized carbons (Fsp3) is 0.250. The quantitative estimate of drug-likeness (QED) is 0.173. The van der Waals surface area contributed by atoms with Crippen molar-refractivity contribution < 1.29 is 24.6 Å². The number of carbonyl (C=O) groups is 3. The second kappa shape index (κ2) is 10.1. The Labute approximate surface area is 187 Å². The molecule has 3 aromatic rings.